The summed E-state index contributed by atoms with van der Waals surface area (Å²) in [6.45, 7) is 8.72. The number of amides is 1. The van der Waals surface area contributed by atoms with Crippen molar-refractivity contribution >= 4 is 17.2 Å². The first kappa shape index (κ1) is 19.0. The van der Waals surface area contributed by atoms with Crippen LogP contribution in [0.4, 0.5) is 0 Å². The Morgan fingerprint density at radius 2 is 1.96 bits per heavy atom. The smallest absolute Gasteiger partial charge is 0.271 e. The standard InChI is InChI=1S/C19H22N4O3S/c1-5-25-13-8-6-12(7-9-13)17-21-14(11-27-17)16(24)20-10-15-22-18(26-23-15)19(2,3)4/h6-9,11H,5,10H2,1-4H3,(H,20,24). The summed E-state index contributed by atoms with van der Waals surface area (Å²) in [5, 5.41) is 9.17. The molecule has 2 aromatic heterocycles. The average Bonchev–Trinajstić information content (AvgIpc) is 3.30. The number of hydrogen-bond acceptors (Lipinski definition) is 7. The van der Waals surface area contributed by atoms with Crippen LogP contribution in [0.25, 0.3) is 10.6 Å². The number of carbonyl (C=O) groups excluding carboxylic acids is 1. The van der Waals surface area contributed by atoms with Crippen LogP contribution in [0.15, 0.2) is 34.2 Å². The van der Waals surface area contributed by atoms with E-state index in [9.17, 15) is 4.79 Å². The zero-order valence-corrected chi connectivity index (χ0v) is 16.6. The lowest BCUT2D eigenvalue weighted by atomic mass is 9.97. The van der Waals surface area contributed by atoms with E-state index in [0.717, 1.165) is 16.3 Å². The number of rotatable bonds is 6. The predicted octanol–water partition coefficient (Wildman–Crippen LogP) is 3.82. The van der Waals surface area contributed by atoms with Gasteiger partial charge in [-0.1, -0.05) is 25.9 Å². The molecule has 7 nitrogen and oxygen atoms in total. The maximum Gasteiger partial charge on any atom is 0.271 e. The van der Waals surface area contributed by atoms with Gasteiger partial charge in [-0.2, -0.15) is 4.98 Å². The van der Waals surface area contributed by atoms with E-state index in [1.165, 1.54) is 11.3 Å². The van der Waals surface area contributed by atoms with Crippen LogP contribution >= 0.6 is 11.3 Å². The molecule has 0 radical (unpaired) electrons. The highest BCUT2D eigenvalue weighted by molar-refractivity contribution is 7.13. The molecule has 0 saturated carbocycles. The first-order chi connectivity index (χ1) is 12.9. The number of nitrogens with one attached hydrogen (secondary N) is 1. The van der Waals surface area contributed by atoms with Crippen molar-refractivity contribution < 1.29 is 14.1 Å². The molecule has 0 saturated heterocycles. The van der Waals surface area contributed by atoms with Crippen LogP contribution in [0, 0.1) is 0 Å². The Balaban J connectivity index is 1.62. The van der Waals surface area contributed by atoms with Crippen LogP contribution in [-0.2, 0) is 12.0 Å². The van der Waals surface area contributed by atoms with Crippen molar-refractivity contribution in [3.63, 3.8) is 0 Å². The fraction of sp³-hybridized carbons (Fsp3) is 0.368. The highest BCUT2D eigenvalue weighted by atomic mass is 32.1. The third-order valence-electron chi connectivity index (χ3n) is 3.67. The van der Waals surface area contributed by atoms with Gasteiger partial charge in [-0.3, -0.25) is 4.79 Å². The Labute approximate surface area is 161 Å². The summed E-state index contributed by atoms with van der Waals surface area (Å²) in [5.41, 5.74) is 1.08. The van der Waals surface area contributed by atoms with Crippen molar-refractivity contribution in [1.29, 1.82) is 0 Å². The number of benzene rings is 1. The summed E-state index contributed by atoms with van der Waals surface area (Å²) in [7, 11) is 0. The normalized spacial score (nSPS) is 11.4. The van der Waals surface area contributed by atoms with Crippen molar-refractivity contribution in [1.82, 2.24) is 20.4 Å². The molecule has 1 aromatic carbocycles. The van der Waals surface area contributed by atoms with Crippen molar-refractivity contribution in [3.8, 4) is 16.3 Å². The highest BCUT2D eigenvalue weighted by Crippen LogP contribution is 2.26. The molecular formula is C19H22N4O3S. The largest absolute Gasteiger partial charge is 0.494 e. The van der Waals surface area contributed by atoms with Gasteiger partial charge in [-0.25, -0.2) is 4.98 Å². The minimum absolute atomic E-state index is 0.189. The molecule has 2 heterocycles. The summed E-state index contributed by atoms with van der Waals surface area (Å²) < 4.78 is 10.7. The van der Waals surface area contributed by atoms with Crippen LogP contribution in [0.3, 0.4) is 0 Å². The van der Waals surface area contributed by atoms with Gasteiger partial charge in [0.1, 0.15) is 16.5 Å². The molecule has 0 aliphatic carbocycles. The second-order valence-electron chi connectivity index (χ2n) is 6.94. The SMILES string of the molecule is CCOc1ccc(-c2nc(C(=O)NCc3noc(C(C)(C)C)n3)cs2)cc1. The van der Waals surface area contributed by atoms with Crippen LogP contribution in [-0.4, -0.2) is 27.6 Å². The van der Waals surface area contributed by atoms with Gasteiger partial charge < -0.3 is 14.6 Å². The Morgan fingerprint density at radius 1 is 1.22 bits per heavy atom. The maximum atomic E-state index is 12.3. The molecular weight excluding hydrogens is 364 g/mol. The molecule has 0 spiro atoms. The molecule has 27 heavy (non-hydrogen) atoms. The lowest BCUT2D eigenvalue weighted by molar-refractivity contribution is 0.0945. The molecule has 8 heteroatoms. The number of hydrogen-bond donors (Lipinski definition) is 1. The van der Waals surface area contributed by atoms with Gasteiger partial charge in [-0.15, -0.1) is 11.3 Å². The molecule has 0 aliphatic rings. The summed E-state index contributed by atoms with van der Waals surface area (Å²) in [4.78, 5) is 21.0. The molecule has 3 rings (SSSR count). The first-order valence-electron chi connectivity index (χ1n) is 8.67. The van der Waals surface area contributed by atoms with Crippen LogP contribution in [0.5, 0.6) is 5.75 Å². The van der Waals surface area contributed by atoms with Crippen molar-refractivity contribution in [3.05, 3.63) is 47.1 Å². The lowest BCUT2D eigenvalue weighted by Crippen LogP contribution is -2.23. The van der Waals surface area contributed by atoms with E-state index in [2.05, 4.69) is 20.4 Å². The van der Waals surface area contributed by atoms with E-state index >= 15 is 0 Å². The maximum absolute atomic E-state index is 12.3. The molecule has 0 aliphatic heterocycles. The minimum atomic E-state index is -0.273. The summed E-state index contributed by atoms with van der Waals surface area (Å²) in [6.07, 6.45) is 0. The zero-order chi connectivity index (χ0) is 19.4. The number of ether oxygens (including phenoxy) is 1. The molecule has 142 valence electrons. The zero-order valence-electron chi connectivity index (χ0n) is 15.8. The van der Waals surface area contributed by atoms with Crippen molar-refractivity contribution in [2.45, 2.75) is 39.7 Å². The molecule has 3 aromatic rings. The van der Waals surface area contributed by atoms with Gasteiger partial charge in [0.25, 0.3) is 5.91 Å². The van der Waals surface area contributed by atoms with Gasteiger partial charge in [0, 0.05) is 16.4 Å². The minimum Gasteiger partial charge on any atom is -0.494 e. The van der Waals surface area contributed by atoms with Gasteiger partial charge >= 0.3 is 0 Å². The van der Waals surface area contributed by atoms with Crippen LogP contribution in [0.2, 0.25) is 0 Å². The Kier molecular flexibility index (Phi) is 5.55. The quantitative estimate of drug-likeness (QED) is 0.693. The van der Waals surface area contributed by atoms with E-state index in [0.29, 0.717) is 24.0 Å². The molecule has 0 atom stereocenters. The van der Waals surface area contributed by atoms with E-state index in [4.69, 9.17) is 9.26 Å². The molecule has 0 unspecified atom stereocenters. The van der Waals surface area contributed by atoms with E-state index in [1.807, 2.05) is 52.0 Å². The Hall–Kier alpha value is -2.74. The van der Waals surface area contributed by atoms with E-state index < -0.39 is 0 Å². The van der Waals surface area contributed by atoms with E-state index in [1.54, 1.807) is 5.38 Å². The fourth-order valence-corrected chi connectivity index (χ4v) is 3.06. The van der Waals surface area contributed by atoms with Crippen LogP contribution in [0.1, 0.15) is 49.9 Å². The van der Waals surface area contributed by atoms with Crippen molar-refractivity contribution in [2.75, 3.05) is 6.61 Å². The molecule has 0 fully saturated rings. The number of thiazole rings is 1. The third-order valence-corrected chi connectivity index (χ3v) is 4.56. The Bertz CT molecular complexity index is 910. The van der Waals surface area contributed by atoms with Gasteiger partial charge in [-0.05, 0) is 31.2 Å². The topological polar surface area (TPSA) is 90.1 Å². The number of carbonyl (C=O) groups is 1. The Morgan fingerprint density at radius 3 is 2.59 bits per heavy atom. The first-order valence-corrected chi connectivity index (χ1v) is 9.55. The molecule has 1 amide bonds. The van der Waals surface area contributed by atoms with Gasteiger partial charge in [0.15, 0.2) is 5.82 Å². The second-order valence-corrected chi connectivity index (χ2v) is 7.80. The molecule has 1 N–H and O–H groups in total. The average molecular weight is 386 g/mol. The summed E-state index contributed by atoms with van der Waals surface area (Å²) in [5.74, 6) is 1.52. The summed E-state index contributed by atoms with van der Waals surface area (Å²) in [6, 6.07) is 7.64. The van der Waals surface area contributed by atoms with Crippen molar-refractivity contribution in [2.24, 2.45) is 0 Å². The fourth-order valence-electron chi connectivity index (χ4n) is 2.25. The second kappa shape index (κ2) is 7.87. The lowest BCUT2D eigenvalue weighted by Gasteiger charge is -2.10. The van der Waals surface area contributed by atoms with Crippen LogP contribution < -0.4 is 10.1 Å². The van der Waals surface area contributed by atoms with Gasteiger partial charge in [0.05, 0.1) is 13.2 Å². The monoisotopic (exact) mass is 386 g/mol. The number of nitrogens with zero attached hydrogens (tertiary/aromatic N) is 3. The number of aromatic nitrogens is 3. The highest BCUT2D eigenvalue weighted by Gasteiger charge is 2.22. The van der Waals surface area contributed by atoms with Gasteiger partial charge in [0.2, 0.25) is 5.89 Å². The third kappa shape index (κ3) is 4.71. The predicted molar refractivity (Wildman–Crippen MR) is 103 cm³/mol. The summed E-state index contributed by atoms with van der Waals surface area (Å²) >= 11 is 1.42. The molecule has 0 bridgehead atoms. The van der Waals surface area contributed by atoms with E-state index in [-0.39, 0.29) is 17.9 Å².